The molecule has 1 atom stereocenters. The molecule has 1 aliphatic heterocycles. The standard InChI is InChI=1S/C21H31N3O2/c1-21(9-5-2-6-10-21)17-23-20(25)22-15-18-7-3-4-8-19(18)16-24-11-13-26-14-12-24/h3-5,7-9H,2,6,10-17H2,1H3,(H2,22,23,25). The van der Waals surface area contributed by atoms with Gasteiger partial charge >= 0.3 is 6.03 Å². The lowest BCUT2D eigenvalue weighted by molar-refractivity contribution is 0.0341. The van der Waals surface area contributed by atoms with E-state index in [1.165, 1.54) is 17.5 Å². The van der Waals surface area contributed by atoms with Gasteiger partial charge in [0.15, 0.2) is 0 Å². The third-order valence-electron chi connectivity index (χ3n) is 5.35. The van der Waals surface area contributed by atoms with Crippen molar-refractivity contribution >= 4 is 6.03 Å². The van der Waals surface area contributed by atoms with Crippen LogP contribution in [0.5, 0.6) is 0 Å². The number of benzene rings is 1. The average molecular weight is 357 g/mol. The summed E-state index contributed by atoms with van der Waals surface area (Å²) in [6.45, 7) is 7.89. The molecule has 2 aliphatic rings. The van der Waals surface area contributed by atoms with E-state index in [2.05, 4.69) is 52.8 Å². The molecular formula is C21H31N3O2. The van der Waals surface area contributed by atoms with Crippen LogP contribution in [0.2, 0.25) is 0 Å². The molecule has 1 aromatic carbocycles. The number of allylic oxidation sites excluding steroid dienone is 1. The number of nitrogens with one attached hydrogen (secondary N) is 2. The Bertz CT molecular complexity index is 625. The van der Waals surface area contributed by atoms with E-state index in [0.29, 0.717) is 13.1 Å². The van der Waals surface area contributed by atoms with Gasteiger partial charge in [0.1, 0.15) is 0 Å². The molecule has 1 fully saturated rings. The SMILES string of the molecule is CC1(CNC(=O)NCc2ccccc2CN2CCOCC2)C=CCCC1. The largest absolute Gasteiger partial charge is 0.379 e. The molecule has 2 N–H and O–H groups in total. The normalized spacial score (nSPS) is 23.6. The Balaban J connectivity index is 1.48. The topological polar surface area (TPSA) is 53.6 Å². The van der Waals surface area contributed by atoms with Gasteiger partial charge in [-0.05, 0) is 30.4 Å². The van der Waals surface area contributed by atoms with Gasteiger partial charge in [-0.25, -0.2) is 4.79 Å². The third kappa shape index (κ3) is 5.58. The second kappa shape index (κ2) is 9.19. The number of carbonyl (C=O) groups is 1. The van der Waals surface area contributed by atoms with Gasteiger partial charge in [-0.3, -0.25) is 4.90 Å². The maximum atomic E-state index is 12.2. The highest BCUT2D eigenvalue weighted by atomic mass is 16.5. The maximum Gasteiger partial charge on any atom is 0.315 e. The van der Waals surface area contributed by atoms with Gasteiger partial charge in [-0.15, -0.1) is 0 Å². The van der Waals surface area contributed by atoms with E-state index in [-0.39, 0.29) is 11.4 Å². The van der Waals surface area contributed by atoms with Crippen LogP contribution >= 0.6 is 0 Å². The lowest BCUT2D eigenvalue weighted by atomic mass is 9.81. The van der Waals surface area contributed by atoms with Gasteiger partial charge in [0, 0.05) is 38.1 Å². The van der Waals surface area contributed by atoms with E-state index in [0.717, 1.165) is 45.7 Å². The van der Waals surface area contributed by atoms with Crippen LogP contribution in [0.1, 0.15) is 37.3 Å². The Hall–Kier alpha value is -1.85. The molecule has 0 aromatic heterocycles. The van der Waals surface area contributed by atoms with E-state index in [9.17, 15) is 4.79 Å². The first-order chi connectivity index (χ1) is 12.6. The monoisotopic (exact) mass is 357 g/mol. The van der Waals surface area contributed by atoms with Crippen LogP contribution in [0.15, 0.2) is 36.4 Å². The maximum absolute atomic E-state index is 12.2. The summed E-state index contributed by atoms with van der Waals surface area (Å²) in [6.07, 6.45) is 7.96. The van der Waals surface area contributed by atoms with Crippen LogP contribution in [0, 0.1) is 5.41 Å². The Morgan fingerprint density at radius 1 is 1.19 bits per heavy atom. The number of hydrogen-bond donors (Lipinski definition) is 2. The molecule has 1 heterocycles. The van der Waals surface area contributed by atoms with Crippen molar-refractivity contribution in [3.63, 3.8) is 0 Å². The van der Waals surface area contributed by atoms with Crippen molar-refractivity contribution in [3.05, 3.63) is 47.5 Å². The second-order valence-electron chi connectivity index (χ2n) is 7.64. The van der Waals surface area contributed by atoms with E-state index in [4.69, 9.17) is 4.74 Å². The summed E-state index contributed by atoms with van der Waals surface area (Å²) in [5.74, 6) is 0. The molecule has 3 rings (SSSR count). The molecule has 1 unspecified atom stereocenters. The summed E-state index contributed by atoms with van der Waals surface area (Å²) < 4.78 is 5.42. The van der Waals surface area contributed by atoms with Crippen molar-refractivity contribution in [1.29, 1.82) is 0 Å². The number of nitrogens with zero attached hydrogens (tertiary/aromatic N) is 1. The van der Waals surface area contributed by atoms with E-state index in [1.807, 2.05) is 6.07 Å². The minimum atomic E-state index is -0.0913. The predicted molar refractivity (Wildman–Crippen MR) is 104 cm³/mol. The summed E-state index contributed by atoms with van der Waals surface area (Å²) in [5, 5.41) is 6.05. The summed E-state index contributed by atoms with van der Waals surface area (Å²) in [5.41, 5.74) is 2.54. The highest BCUT2D eigenvalue weighted by molar-refractivity contribution is 5.73. The van der Waals surface area contributed by atoms with Gasteiger partial charge in [-0.2, -0.15) is 0 Å². The van der Waals surface area contributed by atoms with Crippen LogP contribution in [0.3, 0.4) is 0 Å². The number of ether oxygens (including phenoxy) is 1. The molecule has 1 aromatic rings. The Kier molecular flexibility index (Phi) is 6.69. The molecule has 142 valence electrons. The number of rotatable bonds is 6. The predicted octanol–water partition coefficient (Wildman–Crippen LogP) is 3.06. The molecule has 0 bridgehead atoms. The van der Waals surface area contributed by atoms with Crippen molar-refractivity contribution in [3.8, 4) is 0 Å². The molecule has 1 aliphatic carbocycles. The molecule has 1 saturated heterocycles. The Labute approximate surface area is 156 Å². The Morgan fingerprint density at radius 2 is 1.96 bits per heavy atom. The molecule has 0 spiro atoms. The number of carbonyl (C=O) groups excluding carboxylic acids is 1. The van der Waals surface area contributed by atoms with Crippen LogP contribution in [-0.2, 0) is 17.8 Å². The van der Waals surface area contributed by atoms with Crippen molar-refractivity contribution < 1.29 is 9.53 Å². The zero-order valence-corrected chi connectivity index (χ0v) is 15.8. The first-order valence-electron chi connectivity index (χ1n) is 9.71. The zero-order valence-electron chi connectivity index (χ0n) is 15.8. The van der Waals surface area contributed by atoms with E-state index in [1.54, 1.807) is 0 Å². The lowest BCUT2D eigenvalue weighted by Gasteiger charge is -2.29. The third-order valence-corrected chi connectivity index (χ3v) is 5.35. The van der Waals surface area contributed by atoms with Crippen LogP contribution in [-0.4, -0.2) is 43.8 Å². The van der Waals surface area contributed by atoms with Gasteiger partial charge in [0.25, 0.3) is 0 Å². The van der Waals surface area contributed by atoms with E-state index >= 15 is 0 Å². The minimum Gasteiger partial charge on any atom is -0.379 e. The smallest absolute Gasteiger partial charge is 0.315 e. The summed E-state index contributed by atoms with van der Waals surface area (Å²) in [7, 11) is 0. The number of hydrogen-bond acceptors (Lipinski definition) is 3. The number of urea groups is 1. The number of morpholine rings is 1. The molecule has 0 saturated carbocycles. The molecular weight excluding hydrogens is 326 g/mol. The van der Waals surface area contributed by atoms with Crippen LogP contribution in [0.4, 0.5) is 4.79 Å². The quantitative estimate of drug-likeness (QED) is 0.770. The summed E-state index contributed by atoms with van der Waals surface area (Å²) >= 11 is 0. The highest BCUT2D eigenvalue weighted by Gasteiger charge is 2.23. The van der Waals surface area contributed by atoms with Gasteiger partial charge in [-0.1, -0.05) is 43.3 Å². The number of amides is 2. The van der Waals surface area contributed by atoms with Crippen molar-refractivity contribution in [1.82, 2.24) is 15.5 Å². The molecule has 5 nitrogen and oxygen atoms in total. The fourth-order valence-corrected chi connectivity index (χ4v) is 3.63. The molecule has 5 heteroatoms. The first-order valence-corrected chi connectivity index (χ1v) is 9.71. The van der Waals surface area contributed by atoms with Crippen molar-refractivity contribution in [2.45, 2.75) is 39.3 Å². The van der Waals surface area contributed by atoms with Crippen LogP contribution < -0.4 is 10.6 Å². The Morgan fingerprint density at radius 3 is 2.69 bits per heavy atom. The molecule has 2 amide bonds. The summed E-state index contributed by atoms with van der Waals surface area (Å²) in [6, 6.07) is 8.26. The van der Waals surface area contributed by atoms with Crippen molar-refractivity contribution in [2.75, 3.05) is 32.8 Å². The van der Waals surface area contributed by atoms with Gasteiger partial charge in [0.2, 0.25) is 0 Å². The van der Waals surface area contributed by atoms with E-state index < -0.39 is 0 Å². The zero-order chi connectivity index (χ0) is 18.2. The fourth-order valence-electron chi connectivity index (χ4n) is 3.63. The molecule has 0 radical (unpaired) electrons. The van der Waals surface area contributed by atoms with Gasteiger partial charge in [0.05, 0.1) is 13.2 Å². The van der Waals surface area contributed by atoms with Crippen LogP contribution in [0.25, 0.3) is 0 Å². The first kappa shape index (κ1) is 18.9. The fraction of sp³-hybridized carbons (Fsp3) is 0.571. The summed E-state index contributed by atoms with van der Waals surface area (Å²) in [4.78, 5) is 14.6. The van der Waals surface area contributed by atoms with Gasteiger partial charge < -0.3 is 15.4 Å². The second-order valence-corrected chi connectivity index (χ2v) is 7.64. The minimum absolute atomic E-state index is 0.0871. The van der Waals surface area contributed by atoms with Crippen molar-refractivity contribution in [2.24, 2.45) is 5.41 Å². The highest BCUT2D eigenvalue weighted by Crippen LogP contribution is 2.29. The lowest BCUT2D eigenvalue weighted by Crippen LogP contribution is -2.41. The average Bonchev–Trinajstić information content (AvgIpc) is 2.67. The molecule has 26 heavy (non-hydrogen) atoms.